The van der Waals surface area contributed by atoms with Crippen molar-refractivity contribution >= 4 is 34.8 Å². The third kappa shape index (κ3) is 4.41. The monoisotopic (exact) mass is 445 g/mol. The molecule has 1 aromatic carbocycles. The number of piperazine rings is 1. The van der Waals surface area contributed by atoms with Gasteiger partial charge < -0.3 is 9.80 Å². The number of carbonyl (C=O) groups excluding carboxylic acids is 2. The second-order valence-corrected chi connectivity index (χ2v) is 9.33. The lowest BCUT2D eigenvalue weighted by Crippen LogP contribution is -2.56. The Morgan fingerprint density at radius 3 is 2.63 bits per heavy atom. The topological polar surface area (TPSA) is 43.9 Å². The lowest BCUT2D eigenvalue weighted by atomic mass is 9.93. The molecule has 2 aliphatic heterocycles. The van der Waals surface area contributed by atoms with E-state index in [1.165, 1.54) is 16.0 Å². The van der Waals surface area contributed by atoms with Crippen LogP contribution in [0.15, 0.2) is 41.8 Å². The molecule has 3 heterocycles. The Morgan fingerprint density at radius 1 is 1.10 bits per heavy atom. The van der Waals surface area contributed by atoms with E-state index in [4.69, 9.17) is 11.6 Å². The SMILES string of the molecule is CC1CN(C(=O)CCN2CCc3sccc3C2c2ccccc2)CCN1C(=O)CCl. The van der Waals surface area contributed by atoms with Crippen molar-refractivity contribution in [1.29, 1.82) is 0 Å². The van der Waals surface area contributed by atoms with Crippen LogP contribution in [0.4, 0.5) is 0 Å². The Morgan fingerprint density at radius 2 is 1.90 bits per heavy atom. The van der Waals surface area contributed by atoms with Crippen LogP contribution in [0.25, 0.3) is 0 Å². The fourth-order valence-corrected chi connectivity index (χ4v) is 5.72. The molecule has 2 aromatic rings. The van der Waals surface area contributed by atoms with Crippen LogP contribution < -0.4 is 0 Å². The first-order valence-corrected chi connectivity index (χ1v) is 12.0. The maximum absolute atomic E-state index is 12.9. The molecule has 1 aromatic heterocycles. The molecule has 0 saturated carbocycles. The number of benzene rings is 1. The summed E-state index contributed by atoms with van der Waals surface area (Å²) in [5.41, 5.74) is 2.66. The molecular weight excluding hydrogens is 418 g/mol. The van der Waals surface area contributed by atoms with Crippen LogP contribution in [-0.2, 0) is 16.0 Å². The molecular formula is C23H28ClN3O2S. The van der Waals surface area contributed by atoms with Crippen molar-refractivity contribution in [3.8, 4) is 0 Å². The van der Waals surface area contributed by atoms with Gasteiger partial charge in [0.05, 0.1) is 6.04 Å². The zero-order chi connectivity index (χ0) is 21.1. The van der Waals surface area contributed by atoms with Gasteiger partial charge in [0.25, 0.3) is 0 Å². The second-order valence-electron chi connectivity index (χ2n) is 8.06. The van der Waals surface area contributed by atoms with Gasteiger partial charge in [0.1, 0.15) is 5.88 Å². The zero-order valence-corrected chi connectivity index (χ0v) is 18.9. The summed E-state index contributed by atoms with van der Waals surface area (Å²) in [7, 11) is 0. The number of halogens is 1. The van der Waals surface area contributed by atoms with E-state index in [1.807, 2.05) is 29.2 Å². The van der Waals surface area contributed by atoms with Crippen LogP contribution in [0, 0.1) is 0 Å². The number of thiophene rings is 1. The van der Waals surface area contributed by atoms with E-state index in [0.29, 0.717) is 26.1 Å². The molecule has 0 N–H and O–H groups in total. The number of carbonyl (C=O) groups is 2. The molecule has 2 unspecified atom stereocenters. The summed E-state index contributed by atoms with van der Waals surface area (Å²) in [6, 6.07) is 13.0. The van der Waals surface area contributed by atoms with Crippen molar-refractivity contribution in [2.75, 3.05) is 38.6 Å². The van der Waals surface area contributed by atoms with Crippen molar-refractivity contribution in [3.63, 3.8) is 0 Å². The van der Waals surface area contributed by atoms with E-state index in [1.54, 1.807) is 4.90 Å². The lowest BCUT2D eigenvalue weighted by Gasteiger charge is -2.40. The van der Waals surface area contributed by atoms with E-state index < -0.39 is 0 Å². The van der Waals surface area contributed by atoms with Crippen molar-refractivity contribution in [3.05, 3.63) is 57.8 Å². The number of amides is 2. The number of rotatable bonds is 5. The molecule has 4 rings (SSSR count). The van der Waals surface area contributed by atoms with Gasteiger partial charge >= 0.3 is 0 Å². The van der Waals surface area contributed by atoms with Gasteiger partial charge in [-0.3, -0.25) is 14.5 Å². The summed E-state index contributed by atoms with van der Waals surface area (Å²) < 4.78 is 0. The molecule has 2 amide bonds. The maximum atomic E-state index is 12.9. The first kappa shape index (κ1) is 21.3. The number of alkyl halides is 1. The number of hydrogen-bond acceptors (Lipinski definition) is 4. The maximum Gasteiger partial charge on any atom is 0.237 e. The minimum Gasteiger partial charge on any atom is -0.339 e. The van der Waals surface area contributed by atoms with Crippen LogP contribution >= 0.6 is 22.9 Å². The Hall–Kier alpha value is -1.89. The molecule has 0 aliphatic carbocycles. The minimum absolute atomic E-state index is 0.00130. The van der Waals surface area contributed by atoms with Gasteiger partial charge in [-0.15, -0.1) is 22.9 Å². The quantitative estimate of drug-likeness (QED) is 0.662. The largest absolute Gasteiger partial charge is 0.339 e. The third-order valence-electron chi connectivity index (χ3n) is 6.21. The Bertz CT molecular complexity index is 888. The number of fused-ring (bicyclic) bond motifs is 1. The van der Waals surface area contributed by atoms with Crippen LogP contribution in [0.2, 0.25) is 0 Å². The smallest absolute Gasteiger partial charge is 0.237 e. The molecule has 2 aliphatic rings. The van der Waals surface area contributed by atoms with Gasteiger partial charge in [0.15, 0.2) is 0 Å². The average Bonchev–Trinajstić information content (AvgIpc) is 3.25. The highest BCUT2D eigenvalue weighted by atomic mass is 35.5. The van der Waals surface area contributed by atoms with Crippen molar-refractivity contribution < 1.29 is 9.59 Å². The number of hydrogen-bond donors (Lipinski definition) is 0. The summed E-state index contributed by atoms with van der Waals surface area (Å²) in [5.74, 6) is 0.114. The first-order valence-electron chi connectivity index (χ1n) is 10.6. The molecule has 2 atom stereocenters. The molecule has 160 valence electrons. The number of nitrogens with zero attached hydrogens (tertiary/aromatic N) is 3. The van der Waals surface area contributed by atoms with Crippen LogP contribution in [0.1, 0.15) is 35.4 Å². The molecule has 30 heavy (non-hydrogen) atoms. The van der Waals surface area contributed by atoms with Crippen molar-refractivity contribution in [2.24, 2.45) is 0 Å². The van der Waals surface area contributed by atoms with Gasteiger partial charge in [-0.1, -0.05) is 30.3 Å². The van der Waals surface area contributed by atoms with Crippen LogP contribution in [-0.4, -0.2) is 71.2 Å². The van der Waals surface area contributed by atoms with E-state index in [0.717, 1.165) is 19.5 Å². The highest BCUT2D eigenvalue weighted by molar-refractivity contribution is 7.10. The molecule has 0 bridgehead atoms. The average molecular weight is 446 g/mol. The van der Waals surface area contributed by atoms with Crippen molar-refractivity contribution in [2.45, 2.75) is 31.8 Å². The molecule has 1 saturated heterocycles. The van der Waals surface area contributed by atoms with Crippen molar-refractivity contribution in [1.82, 2.24) is 14.7 Å². The predicted octanol–water partition coefficient (Wildman–Crippen LogP) is 3.38. The Kier molecular flexibility index (Phi) is 6.76. The summed E-state index contributed by atoms with van der Waals surface area (Å²) in [4.78, 5) is 32.5. The summed E-state index contributed by atoms with van der Waals surface area (Å²) in [5, 5.41) is 2.18. The summed E-state index contributed by atoms with van der Waals surface area (Å²) >= 11 is 7.53. The molecule has 0 spiro atoms. The lowest BCUT2D eigenvalue weighted by molar-refractivity contribution is -0.141. The van der Waals surface area contributed by atoms with E-state index in [-0.39, 0.29) is 29.8 Å². The van der Waals surface area contributed by atoms with Crippen LogP contribution in [0.5, 0.6) is 0 Å². The van der Waals surface area contributed by atoms with E-state index >= 15 is 0 Å². The van der Waals surface area contributed by atoms with Gasteiger partial charge in [-0.2, -0.15) is 0 Å². The summed E-state index contributed by atoms with van der Waals surface area (Å²) in [6.45, 7) is 5.42. The van der Waals surface area contributed by atoms with Gasteiger partial charge in [-0.25, -0.2) is 0 Å². The fraction of sp³-hybridized carbons (Fsp3) is 0.478. The fourth-order valence-electron chi connectivity index (χ4n) is 4.66. The molecule has 0 radical (unpaired) electrons. The molecule has 5 nitrogen and oxygen atoms in total. The molecule has 1 fully saturated rings. The third-order valence-corrected chi connectivity index (χ3v) is 7.43. The van der Waals surface area contributed by atoms with Gasteiger partial charge in [0.2, 0.25) is 11.8 Å². The standard InChI is InChI=1S/C23H28ClN3O2S/c1-17-16-26(12-13-27(17)22(29)15-24)21(28)8-11-25-10-7-20-19(9-14-30-20)23(25)18-5-3-2-4-6-18/h2-6,9,14,17,23H,7-8,10-13,15-16H2,1H3. The van der Waals surface area contributed by atoms with Crippen LogP contribution in [0.3, 0.4) is 0 Å². The highest BCUT2D eigenvalue weighted by Gasteiger charge is 2.32. The first-order chi connectivity index (χ1) is 14.6. The minimum atomic E-state index is -0.0538. The van der Waals surface area contributed by atoms with E-state index in [9.17, 15) is 9.59 Å². The van der Waals surface area contributed by atoms with E-state index in [2.05, 4.69) is 40.6 Å². The molecule has 7 heteroatoms. The predicted molar refractivity (Wildman–Crippen MR) is 121 cm³/mol. The Balaban J connectivity index is 1.40. The highest BCUT2D eigenvalue weighted by Crippen LogP contribution is 2.37. The summed E-state index contributed by atoms with van der Waals surface area (Å²) in [6.07, 6.45) is 1.54. The Labute approximate surface area is 187 Å². The second kappa shape index (κ2) is 9.50. The van der Waals surface area contributed by atoms with Gasteiger partial charge in [-0.05, 0) is 35.9 Å². The zero-order valence-electron chi connectivity index (χ0n) is 17.3. The normalized spacial score (nSPS) is 22.1. The van der Waals surface area contributed by atoms with Gasteiger partial charge in [0, 0.05) is 50.1 Å².